The van der Waals surface area contributed by atoms with Crippen molar-refractivity contribution in [2.45, 2.75) is 18.2 Å². The molecule has 0 aliphatic carbocycles. The molecule has 2 heterocycles. The van der Waals surface area contributed by atoms with Gasteiger partial charge in [-0.2, -0.15) is 0 Å². The summed E-state index contributed by atoms with van der Waals surface area (Å²) < 4.78 is 31.9. The van der Waals surface area contributed by atoms with Crippen molar-refractivity contribution in [2.24, 2.45) is 5.92 Å². The molecule has 1 aliphatic heterocycles. The molecular formula is C11H15NO5S2. The molecule has 1 saturated heterocycles. The molecule has 0 bridgehead atoms. The molecule has 6 nitrogen and oxygen atoms in total. The fourth-order valence-electron chi connectivity index (χ4n) is 1.89. The largest absolute Gasteiger partial charge is 0.477 e. The van der Waals surface area contributed by atoms with Crippen LogP contribution in [0.5, 0.6) is 0 Å². The van der Waals surface area contributed by atoms with Gasteiger partial charge in [-0.25, -0.2) is 17.9 Å². The predicted octanol–water partition coefficient (Wildman–Crippen LogP) is 1.07. The first-order chi connectivity index (χ1) is 8.90. The van der Waals surface area contributed by atoms with E-state index in [1.54, 1.807) is 6.92 Å². The van der Waals surface area contributed by atoms with Gasteiger partial charge in [0, 0.05) is 18.0 Å². The average Bonchev–Trinajstić information content (AvgIpc) is 2.95. The van der Waals surface area contributed by atoms with E-state index < -0.39 is 16.0 Å². The van der Waals surface area contributed by atoms with Crippen molar-refractivity contribution in [3.05, 3.63) is 15.8 Å². The number of thiophene rings is 1. The van der Waals surface area contributed by atoms with E-state index in [9.17, 15) is 13.2 Å². The van der Waals surface area contributed by atoms with E-state index in [0.717, 1.165) is 17.8 Å². The van der Waals surface area contributed by atoms with Crippen molar-refractivity contribution < 1.29 is 23.1 Å². The minimum absolute atomic E-state index is 0.0297. The second kappa shape index (κ2) is 5.58. The summed E-state index contributed by atoms with van der Waals surface area (Å²) >= 11 is 0.964. The summed E-state index contributed by atoms with van der Waals surface area (Å²) in [5.74, 6) is -0.925. The summed E-state index contributed by atoms with van der Waals surface area (Å²) in [6.45, 7) is 3.14. The highest BCUT2D eigenvalue weighted by Crippen LogP contribution is 2.25. The Morgan fingerprint density at radius 2 is 2.37 bits per heavy atom. The number of aryl methyl sites for hydroxylation is 1. The summed E-state index contributed by atoms with van der Waals surface area (Å²) in [4.78, 5) is 11.4. The maximum Gasteiger partial charge on any atom is 0.345 e. The van der Waals surface area contributed by atoms with E-state index in [-0.39, 0.29) is 15.7 Å². The SMILES string of the molecule is Cc1sc(C(=O)O)cc1S(=O)(=O)NCC1CCOC1. The van der Waals surface area contributed by atoms with Crippen LogP contribution in [0.1, 0.15) is 21.0 Å². The number of carboxylic acid groups (broad SMARTS) is 1. The van der Waals surface area contributed by atoms with Crippen molar-refractivity contribution in [2.75, 3.05) is 19.8 Å². The first-order valence-corrected chi connectivity index (χ1v) is 8.11. The summed E-state index contributed by atoms with van der Waals surface area (Å²) in [5, 5.41) is 8.87. The second-order valence-electron chi connectivity index (χ2n) is 4.42. The smallest absolute Gasteiger partial charge is 0.345 e. The lowest BCUT2D eigenvalue weighted by molar-refractivity contribution is 0.0702. The van der Waals surface area contributed by atoms with E-state index in [2.05, 4.69) is 4.72 Å². The van der Waals surface area contributed by atoms with Gasteiger partial charge in [-0.3, -0.25) is 0 Å². The van der Waals surface area contributed by atoms with Gasteiger partial charge in [0.15, 0.2) is 0 Å². The molecule has 1 unspecified atom stereocenters. The van der Waals surface area contributed by atoms with E-state index in [1.165, 1.54) is 6.07 Å². The Bertz CT molecular complexity index is 572. The van der Waals surface area contributed by atoms with Crippen LogP contribution in [0.3, 0.4) is 0 Å². The quantitative estimate of drug-likeness (QED) is 0.849. The summed E-state index contributed by atoms with van der Waals surface area (Å²) in [6.07, 6.45) is 0.839. The van der Waals surface area contributed by atoms with Gasteiger partial charge < -0.3 is 9.84 Å². The normalized spacial score (nSPS) is 19.7. The fourth-order valence-corrected chi connectivity index (χ4v) is 4.43. The fraction of sp³-hybridized carbons (Fsp3) is 0.545. The number of aromatic carboxylic acids is 1. The second-order valence-corrected chi connectivity index (χ2v) is 7.41. The lowest BCUT2D eigenvalue weighted by Gasteiger charge is -2.09. The van der Waals surface area contributed by atoms with Crippen molar-refractivity contribution in [3.63, 3.8) is 0 Å². The van der Waals surface area contributed by atoms with Crippen molar-refractivity contribution >= 4 is 27.3 Å². The van der Waals surface area contributed by atoms with E-state index in [0.29, 0.717) is 24.6 Å². The molecule has 19 heavy (non-hydrogen) atoms. The molecule has 0 saturated carbocycles. The monoisotopic (exact) mass is 305 g/mol. The Labute approximate surface area is 115 Å². The molecule has 8 heteroatoms. The zero-order valence-electron chi connectivity index (χ0n) is 10.4. The highest BCUT2D eigenvalue weighted by Gasteiger charge is 2.24. The van der Waals surface area contributed by atoms with Crippen LogP contribution in [-0.4, -0.2) is 39.3 Å². The number of nitrogens with one attached hydrogen (secondary N) is 1. The Morgan fingerprint density at radius 3 is 2.89 bits per heavy atom. The number of ether oxygens (including phenoxy) is 1. The van der Waals surface area contributed by atoms with Crippen LogP contribution in [0.25, 0.3) is 0 Å². The van der Waals surface area contributed by atoms with Gasteiger partial charge in [0.1, 0.15) is 4.88 Å². The number of hydrogen-bond acceptors (Lipinski definition) is 5. The maximum absolute atomic E-state index is 12.1. The number of carboxylic acids is 1. The lowest BCUT2D eigenvalue weighted by atomic mass is 10.1. The van der Waals surface area contributed by atoms with Crippen molar-refractivity contribution in [1.82, 2.24) is 4.72 Å². The third-order valence-corrected chi connectivity index (χ3v) is 5.68. The molecule has 0 amide bonds. The van der Waals surface area contributed by atoms with Gasteiger partial charge in [-0.05, 0) is 25.3 Å². The van der Waals surface area contributed by atoms with Gasteiger partial charge in [0.2, 0.25) is 10.0 Å². The van der Waals surface area contributed by atoms with Crippen LogP contribution in [0.4, 0.5) is 0 Å². The van der Waals surface area contributed by atoms with Crippen LogP contribution < -0.4 is 4.72 Å². The van der Waals surface area contributed by atoms with Gasteiger partial charge in [-0.1, -0.05) is 0 Å². The van der Waals surface area contributed by atoms with Crippen LogP contribution in [-0.2, 0) is 14.8 Å². The number of hydrogen-bond donors (Lipinski definition) is 2. The highest BCUT2D eigenvalue weighted by atomic mass is 32.2. The van der Waals surface area contributed by atoms with Crippen LogP contribution in [0, 0.1) is 12.8 Å². The Hall–Kier alpha value is -0.960. The zero-order valence-corrected chi connectivity index (χ0v) is 12.0. The minimum atomic E-state index is -3.65. The molecule has 1 fully saturated rings. The van der Waals surface area contributed by atoms with Crippen molar-refractivity contribution in [1.29, 1.82) is 0 Å². The molecule has 106 valence electrons. The van der Waals surface area contributed by atoms with Gasteiger partial charge >= 0.3 is 5.97 Å². The number of rotatable bonds is 5. The van der Waals surface area contributed by atoms with Crippen LogP contribution in [0.15, 0.2) is 11.0 Å². The molecule has 2 N–H and O–H groups in total. The van der Waals surface area contributed by atoms with E-state index in [1.807, 2.05) is 0 Å². The molecule has 1 aromatic heterocycles. The van der Waals surface area contributed by atoms with Crippen molar-refractivity contribution in [3.8, 4) is 0 Å². The van der Waals surface area contributed by atoms with Gasteiger partial charge in [-0.15, -0.1) is 11.3 Å². The molecule has 2 rings (SSSR count). The Morgan fingerprint density at radius 1 is 1.63 bits per heavy atom. The minimum Gasteiger partial charge on any atom is -0.477 e. The first-order valence-electron chi connectivity index (χ1n) is 5.81. The predicted molar refractivity (Wildman–Crippen MR) is 70.1 cm³/mol. The van der Waals surface area contributed by atoms with Crippen LogP contribution >= 0.6 is 11.3 Å². The average molecular weight is 305 g/mol. The first kappa shape index (κ1) is 14.4. The molecule has 1 atom stereocenters. The van der Waals surface area contributed by atoms with Gasteiger partial charge in [0.05, 0.1) is 11.5 Å². The Balaban J connectivity index is 2.12. The molecule has 0 aromatic carbocycles. The van der Waals surface area contributed by atoms with Crippen LogP contribution in [0.2, 0.25) is 0 Å². The summed E-state index contributed by atoms with van der Waals surface area (Å²) in [7, 11) is -3.65. The molecule has 1 aromatic rings. The highest BCUT2D eigenvalue weighted by molar-refractivity contribution is 7.89. The number of carbonyl (C=O) groups is 1. The molecule has 1 aliphatic rings. The molecular weight excluding hydrogens is 290 g/mol. The lowest BCUT2D eigenvalue weighted by Crippen LogP contribution is -2.29. The van der Waals surface area contributed by atoms with Gasteiger partial charge in [0.25, 0.3) is 0 Å². The zero-order chi connectivity index (χ0) is 14.0. The van der Waals surface area contributed by atoms with E-state index in [4.69, 9.17) is 9.84 Å². The maximum atomic E-state index is 12.1. The summed E-state index contributed by atoms with van der Waals surface area (Å²) in [5.41, 5.74) is 0. The topological polar surface area (TPSA) is 92.7 Å². The third-order valence-electron chi connectivity index (χ3n) is 2.96. The number of sulfonamides is 1. The summed E-state index contributed by atoms with van der Waals surface area (Å²) in [6, 6.07) is 1.20. The Kier molecular flexibility index (Phi) is 4.24. The van der Waals surface area contributed by atoms with E-state index >= 15 is 0 Å². The molecule has 0 radical (unpaired) electrons. The molecule has 0 spiro atoms. The third kappa shape index (κ3) is 3.33. The standard InChI is InChI=1S/C11H15NO5S2/c1-7-10(4-9(18-7)11(13)14)19(15,16)12-5-8-2-3-17-6-8/h4,8,12H,2-3,5-6H2,1H3,(H,13,14).